The molecule has 7 heteroatoms. The van der Waals surface area contributed by atoms with Crippen molar-refractivity contribution in [1.29, 1.82) is 0 Å². The molecule has 0 aliphatic heterocycles. The molecule has 0 aliphatic carbocycles. The lowest BCUT2D eigenvalue weighted by molar-refractivity contribution is 0.0967. The molecule has 0 fully saturated rings. The Balaban J connectivity index is 1.80. The molecule has 0 saturated carbocycles. The summed E-state index contributed by atoms with van der Waals surface area (Å²) < 4.78 is 27.2. The van der Waals surface area contributed by atoms with Crippen molar-refractivity contribution in [2.45, 2.75) is 0 Å². The predicted molar refractivity (Wildman–Crippen MR) is 84.3 cm³/mol. The molecule has 0 saturated heterocycles. The normalized spacial score (nSPS) is 10.7. The molecule has 0 aliphatic rings. The molecule has 1 aromatic heterocycles. The molecule has 1 amide bonds. The van der Waals surface area contributed by atoms with Crippen molar-refractivity contribution in [3.8, 4) is 0 Å². The van der Waals surface area contributed by atoms with Crippen LogP contribution in [0.15, 0.2) is 42.5 Å². The molecule has 1 heterocycles. The second-order valence-electron chi connectivity index (χ2n) is 4.44. The minimum atomic E-state index is -0.803. The fourth-order valence-corrected chi connectivity index (χ4v) is 3.34. The number of thiophene rings is 1. The van der Waals surface area contributed by atoms with E-state index in [9.17, 15) is 13.6 Å². The maximum atomic E-state index is 13.5. The number of amides is 1. The number of rotatable bonds is 3. The Hall–Kier alpha value is -2.18. The van der Waals surface area contributed by atoms with E-state index in [4.69, 9.17) is 11.6 Å². The third-order valence-corrected chi connectivity index (χ3v) is 4.66. The maximum Gasteiger partial charge on any atom is 0.281 e. The van der Waals surface area contributed by atoms with Gasteiger partial charge in [0.05, 0.1) is 10.7 Å². The van der Waals surface area contributed by atoms with Gasteiger partial charge in [0.2, 0.25) is 0 Å². The number of halogens is 3. The van der Waals surface area contributed by atoms with E-state index in [1.165, 1.54) is 17.4 Å². The van der Waals surface area contributed by atoms with Crippen molar-refractivity contribution in [3.05, 3.63) is 64.0 Å². The molecule has 0 unspecified atom stereocenters. The van der Waals surface area contributed by atoms with E-state index in [0.717, 1.165) is 22.2 Å². The van der Waals surface area contributed by atoms with Gasteiger partial charge in [-0.3, -0.25) is 15.6 Å². The lowest BCUT2D eigenvalue weighted by atomic mass is 10.2. The van der Waals surface area contributed by atoms with Gasteiger partial charge in [-0.2, -0.15) is 0 Å². The zero-order valence-corrected chi connectivity index (χ0v) is 12.6. The highest BCUT2D eigenvalue weighted by atomic mass is 35.5. The van der Waals surface area contributed by atoms with Crippen LogP contribution in [-0.2, 0) is 0 Å². The number of carbonyl (C=O) groups is 1. The molecule has 0 bridgehead atoms. The number of fused-ring (bicyclic) bond motifs is 1. The summed E-state index contributed by atoms with van der Waals surface area (Å²) in [6.07, 6.45) is 0. The number of anilines is 1. The molecule has 112 valence electrons. The summed E-state index contributed by atoms with van der Waals surface area (Å²) >= 11 is 7.42. The number of nitrogens with one attached hydrogen (secondary N) is 2. The first-order valence-corrected chi connectivity index (χ1v) is 7.44. The molecule has 3 rings (SSSR count). The molecule has 22 heavy (non-hydrogen) atoms. The highest BCUT2D eigenvalue weighted by molar-refractivity contribution is 7.21. The van der Waals surface area contributed by atoms with Crippen molar-refractivity contribution >= 4 is 44.6 Å². The van der Waals surface area contributed by atoms with Crippen LogP contribution in [0.25, 0.3) is 10.1 Å². The van der Waals surface area contributed by atoms with Crippen LogP contribution in [0.2, 0.25) is 5.02 Å². The molecule has 0 radical (unpaired) electrons. The number of hydrazine groups is 1. The first kappa shape index (κ1) is 14.7. The maximum absolute atomic E-state index is 13.5. The summed E-state index contributed by atoms with van der Waals surface area (Å²) in [5, 5.41) is 1.13. The van der Waals surface area contributed by atoms with Crippen LogP contribution < -0.4 is 10.9 Å². The van der Waals surface area contributed by atoms with Crippen LogP contribution >= 0.6 is 22.9 Å². The lowest BCUT2D eigenvalue weighted by Gasteiger charge is -2.08. The molecule has 2 aromatic carbocycles. The first-order valence-electron chi connectivity index (χ1n) is 6.24. The summed E-state index contributed by atoms with van der Waals surface area (Å²) in [5.41, 5.74) is 4.73. The Bertz CT molecular complexity index is 866. The summed E-state index contributed by atoms with van der Waals surface area (Å²) in [4.78, 5) is 12.5. The number of hydrogen-bond donors (Lipinski definition) is 2. The second-order valence-corrected chi connectivity index (χ2v) is 5.87. The van der Waals surface area contributed by atoms with Crippen molar-refractivity contribution in [3.63, 3.8) is 0 Å². The third kappa shape index (κ3) is 2.75. The summed E-state index contributed by atoms with van der Waals surface area (Å²) in [6, 6.07) is 10.4. The van der Waals surface area contributed by atoms with E-state index in [0.29, 0.717) is 9.90 Å². The van der Waals surface area contributed by atoms with Crippen LogP contribution in [0.5, 0.6) is 0 Å². The number of benzene rings is 2. The summed E-state index contributed by atoms with van der Waals surface area (Å²) in [6.45, 7) is 0. The van der Waals surface area contributed by atoms with Crippen molar-refractivity contribution < 1.29 is 13.6 Å². The Morgan fingerprint density at radius 1 is 1.14 bits per heavy atom. The monoisotopic (exact) mass is 338 g/mol. The zero-order valence-electron chi connectivity index (χ0n) is 11.0. The Morgan fingerprint density at radius 2 is 1.91 bits per heavy atom. The van der Waals surface area contributed by atoms with Crippen molar-refractivity contribution in [1.82, 2.24) is 5.43 Å². The van der Waals surface area contributed by atoms with Gasteiger partial charge in [0, 0.05) is 16.2 Å². The molecule has 0 spiro atoms. The fraction of sp³-hybridized carbons (Fsp3) is 0. The van der Waals surface area contributed by atoms with Crippen LogP contribution in [0.3, 0.4) is 0 Å². The van der Waals surface area contributed by atoms with Crippen LogP contribution in [0, 0.1) is 11.6 Å². The largest absolute Gasteiger partial charge is 0.295 e. The summed E-state index contributed by atoms with van der Waals surface area (Å²) in [5.74, 6) is -1.99. The van der Waals surface area contributed by atoms with Crippen molar-refractivity contribution in [2.24, 2.45) is 0 Å². The average molecular weight is 339 g/mol. The van der Waals surface area contributed by atoms with Gasteiger partial charge in [-0.1, -0.05) is 29.8 Å². The van der Waals surface area contributed by atoms with Gasteiger partial charge in [-0.25, -0.2) is 8.78 Å². The molecule has 3 nitrogen and oxygen atoms in total. The number of hydrogen-bond acceptors (Lipinski definition) is 3. The first-order chi connectivity index (χ1) is 10.6. The zero-order chi connectivity index (χ0) is 15.7. The quantitative estimate of drug-likeness (QED) is 0.686. The van der Waals surface area contributed by atoms with E-state index < -0.39 is 17.5 Å². The van der Waals surface area contributed by atoms with E-state index in [-0.39, 0.29) is 5.69 Å². The van der Waals surface area contributed by atoms with Gasteiger partial charge >= 0.3 is 0 Å². The summed E-state index contributed by atoms with van der Waals surface area (Å²) in [7, 11) is 0. The molecular formula is C15H9ClF2N2OS. The van der Waals surface area contributed by atoms with Gasteiger partial charge in [0.1, 0.15) is 10.7 Å². The fourth-order valence-electron chi connectivity index (χ4n) is 1.93. The van der Waals surface area contributed by atoms with Gasteiger partial charge < -0.3 is 0 Å². The number of carbonyl (C=O) groups excluding carboxylic acids is 1. The average Bonchev–Trinajstić information content (AvgIpc) is 2.84. The van der Waals surface area contributed by atoms with Gasteiger partial charge in [-0.15, -0.1) is 11.3 Å². The van der Waals surface area contributed by atoms with Crippen LogP contribution in [-0.4, -0.2) is 5.91 Å². The van der Waals surface area contributed by atoms with E-state index >= 15 is 0 Å². The Kier molecular flexibility index (Phi) is 3.96. The predicted octanol–water partition coefficient (Wildman–Crippen LogP) is 4.59. The van der Waals surface area contributed by atoms with Gasteiger partial charge in [-0.05, 0) is 18.2 Å². The smallest absolute Gasteiger partial charge is 0.281 e. The van der Waals surface area contributed by atoms with E-state index in [2.05, 4.69) is 10.9 Å². The van der Waals surface area contributed by atoms with Gasteiger partial charge in [0.15, 0.2) is 5.82 Å². The van der Waals surface area contributed by atoms with Crippen LogP contribution in [0.1, 0.15) is 9.67 Å². The highest BCUT2D eigenvalue weighted by Crippen LogP contribution is 2.34. The van der Waals surface area contributed by atoms with Crippen molar-refractivity contribution in [2.75, 3.05) is 5.43 Å². The SMILES string of the molecule is O=C(NNc1ccc(F)cc1F)c1sc2ccccc2c1Cl. The van der Waals surface area contributed by atoms with E-state index in [1.807, 2.05) is 24.3 Å². The Labute approximate surface area is 133 Å². The van der Waals surface area contributed by atoms with E-state index in [1.54, 1.807) is 0 Å². The second kappa shape index (κ2) is 5.90. The topological polar surface area (TPSA) is 41.1 Å². The molecule has 2 N–H and O–H groups in total. The highest BCUT2D eigenvalue weighted by Gasteiger charge is 2.17. The third-order valence-electron chi connectivity index (χ3n) is 2.98. The molecule has 0 atom stereocenters. The Morgan fingerprint density at radius 3 is 2.64 bits per heavy atom. The molecule has 3 aromatic rings. The standard InChI is InChI=1S/C15H9ClF2N2OS/c16-13-9-3-1-2-4-12(9)22-14(13)15(21)20-19-11-6-5-8(17)7-10(11)18/h1-7,19H,(H,20,21). The minimum absolute atomic E-state index is 0.0352. The minimum Gasteiger partial charge on any atom is -0.295 e. The van der Waals surface area contributed by atoms with Crippen LogP contribution in [0.4, 0.5) is 14.5 Å². The lowest BCUT2D eigenvalue weighted by Crippen LogP contribution is -2.29. The van der Waals surface area contributed by atoms with Gasteiger partial charge in [0.25, 0.3) is 5.91 Å². The molecular weight excluding hydrogens is 330 g/mol.